The standard InChI is InChI=1S/C16H15N3O2/c20-14-3-1-2-13(10-14)17-12-6-4-11(5-7-12)15-8-9-16(21)19-18-15/h4-10,17H,1-3H2,(H,19,21). The van der Waals surface area contributed by atoms with Crippen LogP contribution in [-0.2, 0) is 4.79 Å². The zero-order chi connectivity index (χ0) is 14.7. The van der Waals surface area contributed by atoms with Crippen molar-refractivity contribution in [1.29, 1.82) is 0 Å². The summed E-state index contributed by atoms with van der Waals surface area (Å²) in [6, 6.07) is 10.9. The van der Waals surface area contributed by atoms with Crippen LogP contribution >= 0.6 is 0 Å². The molecule has 1 aromatic heterocycles. The Balaban J connectivity index is 1.76. The largest absolute Gasteiger partial charge is 0.359 e. The normalized spacial score (nSPS) is 14.7. The summed E-state index contributed by atoms with van der Waals surface area (Å²) in [6.45, 7) is 0. The van der Waals surface area contributed by atoms with E-state index >= 15 is 0 Å². The van der Waals surface area contributed by atoms with Gasteiger partial charge in [0.1, 0.15) is 0 Å². The number of nitrogens with zero attached hydrogens (tertiary/aromatic N) is 1. The first-order chi connectivity index (χ1) is 10.2. The highest BCUT2D eigenvalue weighted by Crippen LogP contribution is 2.22. The number of rotatable bonds is 3. The number of H-pyrrole nitrogens is 1. The lowest BCUT2D eigenvalue weighted by Gasteiger charge is -2.14. The van der Waals surface area contributed by atoms with Gasteiger partial charge in [0.05, 0.1) is 5.69 Å². The van der Waals surface area contributed by atoms with Crippen molar-refractivity contribution in [3.05, 3.63) is 58.5 Å². The van der Waals surface area contributed by atoms with Crippen LogP contribution in [0.1, 0.15) is 19.3 Å². The van der Waals surface area contributed by atoms with Crippen molar-refractivity contribution < 1.29 is 4.79 Å². The SMILES string of the molecule is O=C1C=C(Nc2ccc(-c3ccc(=O)[nH]n3)cc2)CCC1. The molecule has 1 aliphatic carbocycles. The molecule has 106 valence electrons. The van der Waals surface area contributed by atoms with Crippen molar-refractivity contribution in [2.24, 2.45) is 0 Å². The summed E-state index contributed by atoms with van der Waals surface area (Å²) < 4.78 is 0. The van der Waals surface area contributed by atoms with E-state index in [4.69, 9.17) is 0 Å². The average molecular weight is 281 g/mol. The Bertz CT molecular complexity index is 724. The van der Waals surface area contributed by atoms with Crippen molar-refractivity contribution in [2.45, 2.75) is 19.3 Å². The lowest BCUT2D eigenvalue weighted by Crippen LogP contribution is -2.09. The number of carbonyl (C=O) groups excluding carboxylic acids is 1. The summed E-state index contributed by atoms with van der Waals surface area (Å²) >= 11 is 0. The fourth-order valence-electron chi connectivity index (χ4n) is 2.31. The average Bonchev–Trinajstić information content (AvgIpc) is 2.49. The number of aromatic amines is 1. The molecule has 0 atom stereocenters. The van der Waals surface area contributed by atoms with Gasteiger partial charge in [-0.15, -0.1) is 0 Å². The van der Waals surface area contributed by atoms with E-state index in [0.717, 1.165) is 29.8 Å². The van der Waals surface area contributed by atoms with Gasteiger partial charge in [-0.05, 0) is 31.0 Å². The van der Waals surface area contributed by atoms with E-state index in [0.29, 0.717) is 12.1 Å². The second kappa shape index (κ2) is 5.75. The minimum atomic E-state index is -0.217. The molecule has 0 unspecified atom stereocenters. The van der Waals surface area contributed by atoms with E-state index in [1.165, 1.54) is 6.07 Å². The molecule has 0 saturated heterocycles. The van der Waals surface area contributed by atoms with Crippen LogP contribution in [0.25, 0.3) is 11.3 Å². The molecule has 5 heteroatoms. The topological polar surface area (TPSA) is 74.8 Å². The van der Waals surface area contributed by atoms with E-state index in [2.05, 4.69) is 15.5 Å². The first-order valence-corrected chi connectivity index (χ1v) is 6.87. The van der Waals surface area contributed by atoms with Gasteiger partial charge in [-0.3, -0.25) is 9.59 Å². The Morgan fingerprint density at radius 2 is 1.81 bits per heavy atom. The lowest BCUT2D eigenvalue weighted by atomic mass is 10.0. The van der Waals surface area contributed by atoms with Gasteiger partial charge in [-0.1, -0.05) is 12.1 Å². The smallest absolute Gasteiger partial charge is 0.264 e. The number of hydrogen-bond donors (Lipinski definition) is 2. The zero-order valence-corrected chi connectivity index (χ0v) is 11.4. The van der Waals surface area contributed by atoms with Crippen LogP contribution in [0, 0.1) is 0 Å². The predicted molar refractivity (Wildman–Crippen MR) is 80.9 cm³/mol. The summed E-state index contributed by atoms with van der Waals surface area (Å²) in [5.74, 6) is 0.179. The van der Waals surface area contributed by atoms with Gasteiger partial charge in [0.2, 0.25) is 0 Å². The van der Waals surface area contributed by atoms with Crippen molar-refractivity contribution in [1.82, 2.24) is 10.2 Å². The van der Waals surface area contributed by atoms with Gasteiger partial charge in [0.25, 0.3) is 5.56 Å². The maximum Gasteiger partial charge on any atom is 0.264 e. The molecule has 0 bridgehead atoms. The molecule has 5 nitrogen and oxygen atoms in total. The second-order valence-corrected chi connectivity index (χ2v) is 5.00. The molecule has 0 radical (unpaired) electrons. The predicted octanol–water partition coefficient (Wildman–Crippen LogP) is 2.49. The van der Waals surface area contributed by atoms with Crippen molar-refractivity contribution in [3.63, 3.8) is 0 Å². The maximum atomic E-state index is 11.4. The molecule has 21 heavy (non-hydrogen) atoms. The Morgan fingerprint density at radius 1 is 1.00 bits per heavy atom. The third kappa shape index (κ3) is 3.25. The van der Waals surface area contributed by atoms with Gasteiger partial charge in [-0.2, -0.15) is 5.10 Å². The van der Waals surface area contributed by atoms with Gasteiger partial charge >= 0.3 is 0 Å². The molecule has 3 rings (SSSR count). The van der Waals surface area contributed by atoms with Crippen LogP contribution in [0.15, 0.2) is 53.0 Å². The highest BCUT2D eigenvalue weighted by atomic mass is 16.1. The van der Waals surface area contributed by atoms with Gasteiger partial charge in [-0.25, -0.2) is 5.10 Å². The quantitative estimate of drug-likeness (QED) is 0.906. The molecular weight excluding hydrogens is 266 g/mol. The molecule has 0 aliphatic heterocycles. The molecule has 1 aromatic carbocycles. The molecular formula is C16H15N3O2. The molecule has 0 spiro atoms. The highest BCUT2D eigenvalue weighted by Gasteiger charge is 2.09. The number of anilines is 1. The van der Waals surface area contributed by atoms with Crippen LogP contribution in [0.2, 0.25) is 0 Å². The molecule has 0 fully saturated rings. The Morgan fingerprint density at radius 3 is 2.48 bits per heavy atom. The highest BCUT2D eigenvalue weighted by molar-refractivity contribution is 5.91. The molecule has 1 aliphatic rings. The van der Waals surface area contributed by atoms with Crippen molar-refractivity contribution >= 4 is 11.5 Å². The minimum absolute atomic E-state index is 0.179. The Kier molecular flexibility index (Phi) is 3.64. The van der Waals surface area contributed by atoms with Crippen LogP contribution in [-0.4, -0.2) is 16.0 Å². The molecule has 2 N–H and O–H groups in total. The van der Waals surface area contributed by atoms with E-state index in [9.17, 15) is 9.59 Å². The van der Waals surface area contributed by atoms with Gasteiger partial charge in [0, 0.05) is 35.5 Å². The zero-order valence-electron chi connectivity index (χ0n) is 11.4. The Hall–Kier alpha value is -2.69. The third-order valence-electron chi connectivity index (χ3n) is 3.37. The molecule has 1 heterocycles. The van der Waals surface area contributed by atoms with Crippen LogP contribution < -0.4 is 10.9 Å². The number of benzene rings is 1. The van der Waals surface area contributed by atoms with E-state index in [1.807, 2.05) is 24.3 Å². The first kappa shape index (κ1) is 13.3. The summed E-state index contributed by atoms with van der Waals surface area (Å²) in [5, 5.41) is 9.67. The second-order valence-electron chi connectivity index (χ2n) is 5.00. The monoisotopic (exact) mass is 281 g/mol. The van der Waals surface area contributed by atoms with Crippen LogP contribution in [0.4, 0.5) is 5.69 Å². The number of ketones is 1. The Labute approximate surface area is 121 Å². The molecule has 2 aromatic rings. The van der Waals surface area contributed by atoms with E-state index in [-0.39, 0.29) is 11.3 Å². The van der Waals surface area contributed by atoms with E-state index in [1.54, 1.807) is 12.1 Å². The summed E-state index contributed by atoms with van der Waals surface area (Å²) in [4.78, 5) is 22.4. The summed E-state index contributed by atoms with van der Waals surface area (Å²) in [7, 11) is 0. The molecule has 0 amide bonds. The van der Waals surface area contributed by atoms with Crippen LogP contribution in [0.5, 0.6) is 0 Å². The number of nitrogens with one attached hydrogen (secondary N) is 2. The fraction of sp³-hybridized carbons (Fsp3) is 0.188. The number of aromatic nitrogens is 2. The number of carbonyl (C=O) groups is 1. The maximum absolute atomic E-state index is 11.4. The van der Waals surface area contributed by atoms with Crippen LogP contribution in [0.3, 0.4) is 0 Å². The first-order valence-electron chi connectivity index (χ1n) is 6.87. The summed E-state index contributed by atoms with van der Waals surface area (Å²) in [5.41, 5.74) is 3.31. The molecule has 0 saturated carbocycles. The van der Waals surface area contributed by atoms with Crippen molar-refractivity contribution in [3.8, 4) is 11.3 Å². The van der Waals surface area contributed by atoms with E-state index < -0.39 is 0 Å². The van der Waals surface area contributed by atoms with Gasteiger partial charge < -0.3 is 5.32 Å². The number of hydrogen-bond acceptors (Lipinski definition) is 4. The third-order valence-corrected chi connectivity index (χ3v) is 3.37. The van der Waals surface area contributed by atoms with Crippen molar-refractivity contribution in [2.75, 3.05) is 5.32 Å². The summed E-state index contributed by atoms with van der Waals surface area (Å²) in [6.07, 6.45) is 4.12. The van der Waals surface area contributed by atoms with Gasteiger partial charge in [0.15, 0.2) is 5.78 Å². The lowest BCUT2D eigenvalue weighted by molar-refractivity contribution is -0.115. The minimum Gasteiger partial charge on any atom is -0.359 e. The fourth-order valence-corrected chi connectivity index (χ4v) is 2.31. The number of allylic oxidation sites excluding steroid dienone is 2.